The maximum Gasteiger partial charge on any atom is 0.223 e. The summed E-state index contributed by atoms with van der Waals surface area (Å²) in [5.41, 5.74) is 2.11. The maximum atomic E-state index is 5.94. The molecule has 0 atom stereocenters. The third kappa shape index (κ3) is 2.64. The second kappa shape index (κ2) is 4.58. The van der Waals surface area contributed by atoms with E-state index in [0.29, 0.717) is 17.3 Å². The SMILES string of the molecule is Cc1cc(C(C)C)nc(NC2CC(Cl)C2)n1. The molecule has 1 heterocycles. The van der Waals surface area contributed by atoms with Gasteiger partial charge in [-0.15, -0.1) is 11.6 Å². The summed E-state index contributed by atoms with van der Waals surface area (Å²) in [5.74, 6) is 1.18. The van der Waals surface area contributed by atoms with E-state index in [-0.39, 0.29) is 0 Å². The van der Waals surface area contributed by atoms with Crippen LogP contribution in [0.15, 0.2) is 6.07 Å². The van der Waals surface area contributed by atoms with Crippen molar-refractivity contribution in [3.8, 4) is 0 Å². The van der Waals surface area contributed by atoms with Crippen molar-refractivity contribution in [2.24, 2.45) is 0 Å². The van der Waals surface area contributed by atoms with Gasteiger partial charge in [0.25, 0.3) is 0 Å². The largest absolute Gasteiger partial charge is 0.351 e. The first-order valence-electron chi connectivity index (χ1n) is 5.81. The van der Waals surface area contributed by atoms with Crippen LogP contribution in [0.5, 0.6) is 0 Å². The lowest BCUT2D eigenvalue weighted by Gasteiger charge is -2.31. The highest BCUT2D eigenvalue weighted by atomic mass is 35.5. The molecule has 1 fully saturated rings. The molecule has 3 nitrogen and oxygen atoms in total. The Balaban J connectivity index is 2.08. The summed E-state index contributed by atoms with van der Waals surface area (Å²) in [4.78, 5) is 8.91. The third-order valence-electron chi connectivity index (χ3n) is 2.88. The molecular formula is C12H18ClN3. The smallest absolute Gasteiger partial charge is 0.223 e. The van der Waals surface area contributed by atoms with Gasteiger partial charge >= 0.3 is 0 Å². The van der Waals surface area contributed by atoms with Crippen LogP contribution >= 0.6 is 11.6 Å². The van der Waals surface area contributed by atoms with E-state index in [1.54, 1.807) is 0 Å². The van der Waals surface area contributed by atoms with Gasteiger partial charge < -0.3 is 5.32 Å². The first-order chi connectivity index (χ1) is 7.54. The van der Waals surface area contributed by atoms with Gasteiger partial charge in [0.15, 0.2) is 0 Å². The molecule has 0 aromatic carbocycles. The number of nitrogens with one attached hydrogen (secondary N) is 1. The number of anilines is 1. The molecule has 0 unspecified atom stereocenters. The van der Waals surface area contributed by atoms with Gasteiger partial charge in [-0.05, 0) is 31.7 Å². The van der Waals surface area contributed by atoms with Crippen molar-refractivity contribution in [3.63, 3.8) is 0 Å². The fourth-order valence-electron chi connectivity index (χ4n) is 1.80. The predicted octanol–water partition coefficient (Wildman–Crippen LogP) is 3.09. The van der Waals surface area contributed by atoms with E-state index in [2.05, 4.69) is 29.1 Å². The van der Waals surface area contributed by atoms with Crippen molar-refractivity contribution in [1.82, 2.24) is 9.97 Å². The number of hydrogen-bond donors (Lipinski definition) is 1. The molecule has 88 valence electrons. The molecule has 2 rings (SSSR count). The summed E-state index contributed by atoms with van der Waals surface area (Å²) < 4.78 is 0. The average Bonchev–Trinajstić information content (AvgIpc) is 2.14. The van der Waals surface area contributed by atoms with Gasteiger partial charge in [0, 0.05) is 22.8 Å². The molecule has 0 amide bonds. The van der Waals surface area contributed by atoms with Crippen molar-refractivity contribution in [1.29, 1.82) is 0 Å². The van der Waals surface area contributed by atoms with E-state index in [1.807, 2.05) is 13.0 Å². The topological polar surface area (TPSA) is 37.8 Å². The number of rotatable bonds is 3. The van der Waals surface area contributed by atoms with Crippen LogP contribution in [0.3, 0.4) is 0 Å². The van der Waals surface area contributed by atoms with E-state index in [1.165, 1.54) is 0 Å². The second-order valence-corrected chi connectivity index (χ2v) is 5.44. The van der Waals surface area contributed by atoms with Gasteiger partial charge in [0.2, 0.25) is 5.95 Å². The molecular weight excluding hydrogens is 222 g/mol. The predicted molar refractivity (Wildman–Crippen MR) is 67.1 cm³/mol. The van der Waals surface area contributed by atoms with Crippen molar-refractivity contribution in [2.75, 3.05) is 5.32 Å². The Morgan fingerprint density at radius 1 is 1.38 bits per heavy atom. The number of alkyl halides is 1. The van der Waals surface area contributed by atoms with Gasteiger partial charge in [-0.1, -0.05) is 13.8 Å². The summed E-state index contributed by atoms with van der Waals surface area (Å²) in [6.07, 6.45) is 2.02. The van der Waals surface area contributed by atoms with Crippen LogP contribution in [0.25, 0.3) is 0 Å². The van der Waals surface area contributed by atoms with Crippen molar-refractivity contribution >= 4 is 17.5 Å². The minimum atomic E-state index is 0.326. The number of aryl methyl sites for hydroxylation is 1. The number of halogens is 1. The van der Waals surface area contributed by atoms with Crippen LogP contribution in [0, 0.1) is 6.92 Å². The van der Waals surface area contributed by atoms with Crippen LogP contribution in [0.4, 0.5) is 5.95 Å². The van der Waals surface area contributed by atoms with Crippen LogP contribution in [-0.4, -0.2) is 21.4 Å². The summed E-state index contributed by atoms with van der Waals surface area (Å²) in [6, 6.07) is 2.49. The van der Waals surface area contributed by atoms with Crippen molar-refractivity contribution < 1.29 is 0 Å². The van der Waals surface area contributed by atoms with Crippen molar-refractivity contribution in [2.45, 2.75) is 50.9 Å². The summed E-state index contributed by atoms with van der Waals surface area (Å²) >= 11 is 5.94. The molecule has 4 heteroatoms. The first-order valence-corrected chi connectivity index (χ1v) is 6.24. The van der Waals surface area contributed by atoms with Crippen LogP contribution < -0.4 is 5.32 Å². The normalized spacial score (nSPS) is 24.3. The van der Waals surface area contributed by atoms with Gasteiger partial charge in [0.1, 0.15) is 0 Å². The Labute approximate surface area is 102 Å². The lowest BCUT2D eigenvalue weighted by Crippen LogP contribution is -2.36. The van der Waals surface area contributed by atoms with Gasteiger partial charge in [-0.25, -0.2) is 9.97 Å². The highest BCUT2D eigenvalue weighted by molar-refractivity contribution is 6.21. The Morgan fingerprint density at radius 2 is 2.06 bits per heavy atom. The monoisotopic (exact) mass is 239 g/mol. The number of hydrogen-bond acceptors (Lipinski definition) is 3. The highest BCUT2D eigenvalue weighted by Crippen LogP contribution is 2.27. The third-order valence-corrected chi connectivity index (χ3v) is 3.24. The Kier molecular flexibility index (Phi) is 3.33. The van der Waals surface area contributed by atoms with Crippen LogP contribution in [-0.2, 0) is 0 Å². The minimum Gasteiger partial charge on any atom is -0.351 e. The molecule has 1 aliphatic rings. The zero-order chi connectivity index (χ0) is 11.7. The summed E-state index contributed by atoms with van der Waals surface area (Å²) in [5, 5.41) is 3.66. The van der Waals surface area contributed by atoms with E-state index in [4.69, 9.17) is 11.6 Å². The van der Waals surface area contributed by atoms with Gasteiger partial charge in [-0.3, -0.25) is 0 Å². The highest BCUT2D eigenvalue weighted by Gasteiger charge is 2.27. The molecule has 1 aromatic rings. The molecule has 1 N–H and O–H groups in total. The zero-order valence-corrected chi connectivity index (χ0v) is 10.8. The fourth-order valence-corrected chi connectivity index (χ4v) is 2.23. The zero-order valence-electron chi connectivity index (χ0n) is 10.00. The Morgan fingerprint density at radius 3 is 2.62 bits per heavy atom. The quantitative estimate of drug-likeness (QED) is 0.824. The van der Waals surface area contributed by atoms with E-state index >= 15 is 0 Å². The molecule has 1 aromatic heterocycles. The lowest BCUT2D eigenvalue weighted by atomic mass is 9.92. The standard InChI is InChI=1S/C12H18ClN3/c1-7(2)11-4-8(3)14-12(16-11)15-10-5-9(13)6-10/h4,7,9-10H,5-6H2,1-3H3,(H,14,15,16). The second-order valence-electron chi connectivity index (χ2n) is 4.82. The fraction of sp³-hybridized carbons (Fsp3) is 0.667. The lowest BCUT2D eigenvalue weighted by molar-refractivity contribution is 0.452. The Bertz CT molecular complexity index is 373. The number of aromatic nitrogens is 2. The van der Waals surface area contributed by atoms with E-state index < -0.39 is 0 Å². The summed E-state index contributed by atoms with van der Waals surface area (Å²) in [6.45, 7) is 6.29. The Hall–Kier alpha value is -0.830. The molecule has 1 aliphatic carbocycles. The van der Waals surface area contributed by atoms with Crippen molar-refractivity contribution in [3.05, 3.63) is 17.5 Å². The average molecular weight is 240 g/mol. The molecule has 0 radical (unpaired) electrons. The molecule has 0 aliphatic heterocycles. The molecule has 0 bridgehead atoms. The van der Waals surface area contributed by atoms with Gasteiger partial charge in [-0.2, -0.15) is 0 Å². The van der Waals surface area contributed by atoms with E-state index in [9.17, 15) is 0 Å². The van der Waals surface area contributed by atoms with E-state index in [0.717, 1.165) is 30.2 Å². The molecule has 0 spiro atoms. The van der Waals surface area contributed by atoms with Crippen LogP contribution in [0.1, 0.15) is 44.0 Å². The number of nitrogens with zero attached hydrogens (tertiary/aromatic N) is 2. The summed E-state index contributed by atoms with van der Waals surface area (Å²) in [7, 11) is 0. The molecule has 1 saturated carbocycles. The minimum absolute atomic E-state index is 0.326. The maximum absolute atomic E-state index is 5.94. The van der Waals surface area contributed by atoms with Crippen LogP contribution in [0.2, 0.25) is 0 Å². The van der Waals surface area contributed by atoms with Gasteiger partial charge in [0.05, 0.1) is 0 Å². The first kappa shape index (κ1) is 11.6. The molecule has 0 saturated heterocycles. The molecule has 16 heavy (non-hydrogen) atoms.